The molecule has 6 heteroatoms. The van der Waals surface area contributed by atoms with Crippen LogP contribution in [0.4, 0.5) is 5.69 Å². The number of nitrogens with zero attached hydrogens (tertiary/aromatic N) is 2. The maximum atomic E-state index is 13.7. The standard InChI is InChI=1S/C27H25ClN2O3/c1-14-9-15(2)11-16(10-14)29(25(31)19-5-3-4-6-22(19)28)13-30-26(32)23-17-7-8-18(21-12-20(17)21)24(23)27(30)33/h3-11,17-18,20-21,23-24H,12-13H2,1-2H3. The van der Waals surface area contributed by atoms with Gasteiger partial charge in [0.1, 0.15) is 6.67 Å². The molecule has 3 fully saturated rings. The molecule has 2 aromatic rings. The largest absolute Gasteiger partial charge is 0.289 e. The fourth-order valence-electron chi connectivity index (χ4n) is 6.45. The molecule has 3 amide bonds. The van der Waals surface area contributed by atoms with Crippen LogP contribution in [-0.4, -0.2) is 29.3 Å². The number of hydrogen-bond donors (Lipinski definition) is 0. The van der Waals surface area contributed by atoms with Gasteiger partial charge in [0.05, 0.1) is 22.4 Å². The van der Waals surface area contributed by atoms with Crippen molar-refractivity contribution in [3.05, 3.63) is 76.3 Å². The van der Waals surface area contributed by atoms with E-state index >= 15 is 0 Å². The Hall–Kier alpha value is -2.92. The highest BCUT2D eigenvalue weighted by Crippen LogP contribution is 2.65. The van der Waals surface area contributed by atoms with E-state index < -0.39 is 0 Å². The Morgan fingerprint density at radius 3 is 2.12 bits per heavy atom. The molecule has 1 heterocycles. The molecule has 168 valence electrons. The minimum atomic E-state index is -0.329. The van der Waals surface area contributed by atoms with Crippen molar-refractivity contribution in [2.75, 3.05) is 11.6 Å². The molecule has 5 nitrogen and oxygen atoms in total. The number of benzene rings is 2. The zero-order valence-corrected chi connectivity index (χ0v) is 19.3. The number of aryl methyl sites for hydroxylation is 2. The van der Waals surface area contributed by atoms with E-state index in [1.165, 1.54) is 9.80 Å². The minimum absolute atomic E-state index is 0.105. The van der Waals surface area contributed by atoms with Gasteiger partial charge in [0, 0.05) is 5.69 Å². The van der Waals surface area contributed by atoms with E-state index in [0.29, 0.717) is 28.1 Å². The zero-order chi connectivity index (χ0) is 23.0. The van der Waals surface area contributed by atoms with Crippen LogP contribution in [0.15, 0.2) is 54.6 Å². The first-order valence-corrected chi connectivity index (χ1v) is 11.9. The SMILES string of the molecule is Cc1cc(C)cc(N(CN2C(=O)C3C4C=CC(C5CC45)C3C2=O)C(=O)c2ccccc2Cl)c1. The topological polar surface area (TPSA) is 57.7 Å². The van der Waals surface area contributed by atoms with Crippen LogP contribution < -0.4 is 4.90 Å². The van der Waals surface area contributed by atoms with Crippen LogP contribution in [0.25, 0.3) is 0 Å². The molecule has 33 heavy (non-hydrogen) atoms. The Labute approximate surface area is 198 Å². The van der Waals surface area contributed by atoms with E-state index in [2.05, 4.69) is 12.2 Å². The monoisotopic (exact) mass is 460 g/mol. The van der Waals surface area contributed by atoms with Crippen molar-refractivity contribution in [1.82, 2.24) is 4.90 Å². The number of carbonyl (C=O) groups is 3. The van der Waals surface area contributed by atoms with Gasteiger partial charge >= 0.3 is 0 Å². The van der Waals surface area contributed by atoms with Crippen molar-refractivity contribution in [3.63, 3.8) is 0 Å². The van der Waals surface area contributed by atoms with Crippen LogP contribution in [0, 0.1) is 49.4 Å². The van der Waals surface area contributed by atoms with E-state index in [0.717, 1.165) is 17.5 Å². The van der Waals surface area contributed by atoms with Gasteiger partial charge in [-0.25, -0.2) is 0 Å². The third-order valence-corrected chi connectivity index (χ3v) is 8.23. The summed E-state index contributed by atoms with van der Waals surface area (Å²) in [6.07, 6.45) is 5.44. The van der Waals surface area contributed by atoms with Crippen molar-refractivity contribution in [2.24, 2.45) is 35.5 Å². The molecule has 2 saturated carbocycles. The molecule has 0 radical (unpaired) electrons. The average molecular weight is 461 g/mol. The predicted octanol–water partition coefficient (Wildman–Crippen LogP) is 4.61. The number of hydrogen-bond acceptors (Lipinski definition) is 3. The molecule has 0 N–H and O–H groups in total. The third-order valence-electron chi connectivity index (χ3n) is 7.90. The lowest BCUT2D eigenvalue weighted by atomic mass is 9.63. The summed E-state index contributed by atoms with van der Waals surface area (Å²) in [7, 11) is 0. The van der Waals surface area contributed by atoms with Gasteiger partial charge in [0.25, 0.3) is 5.91 Å². The minimum Gasteiger partial charge on any atom is -0.289 e. The van der Waals surface area contributed by atoms with E-state index in [4.69, 9.17) is 11.6 Å². The summed E-state index contributed by atoms with van der Waals surface area (Å²) in [6, 6.07) is 12.7. The van der Waals surface area contributed by atoms with Gasteiger partial charge < -0.3 is 0 Å². The highest BCUT2D eigenvalue weighted by molar-refractivity contribution is 6.34. The van der Waals surface area contributed by atoms with Crippen molar-refractivity contribution in [1.29, 1.82) is 0 Å². The summed E-state index contributed by atoms with van der Waals surface area (Å²) in [5.74, 6) is 0.204. The van der Waals surface area contributed by atoms with Gasteiger partial charge in [0.2, 0.25) is 11.8 Å². The summed E-state index contributed by atoms with van der Waals surface area (Å²) < 4.78 is 0. The Balaban J connectivity index is 1.37. The highest BCUT2D eigenvalue weighted by atomic mass is 35.5. The van der Waals surface area contributed by atoms with Gasteiger partial charge in [-0.1, -0.05) is 42.0 Å². The number of imide groups is 1. The van der Waals surface area contributed by atoms with Crippen LogP contribution in [0.3, 0.4) is 0 Å². The van der Waals surface area contributed by atoms with Gasteiger partial charge in [-0.05, 0) is 79.3 Å². The molecule has 1 aliphatic heterocycles. The van der Waals surface area contributed by atoms with E-state index in [1.54, 1.807) is 24.3 Å². The van der Waals surface area contributed by atoms with Crippen LogP contribution in [-0.2, 0) is 9.59 Å². The Kier molecular flexibility index (Phi) is 4.57. The van der Waals surface area contributed by atoms with Crippen molar-refractivity contribution in [3.8, 4) is 0 Å². The molecule has 0 spiro atoms. The second-order valence-electron chi connectivity index (χ2n) is 9.96. The molecule has 0 aromatic heterocycles. The molecule has 4 aliphatic carbocycles. The maximum Gasteiger partial charge on any atom is 0.261 e. The summed E-state index contributed by atoms with van der Waals surface area (Å²) in [5, 5.41) is 0.340. The van der Waals surface area contributed by atoms with Gasteiger partial charge in [0.15, 0.2) is 0 Å². The first-order chi connectivity index (χ1) is 15.8. The number of anilines is 1. The van der Waals surface area contributed by atoms with E-state index in [1.807, 2.05) is 32.0 Å². The molecule has 5 aliphatic rings. The van der Waals surface area contributed by atoms with Crippen molar-refractivity contribution < 1.29 is 14.4 Å². The van der Waals surface area contributed by atoms with Crippen LogP contribution in [0.5, 0.6) is 0 Å². The smallest absolute Gasteiger partial charge is 0.261 e. The lowest BCUT2D eigenvalue weighted by Crippen LogP contribution is -2.45. The predicted molar refractivity (Wildman–Crippen MR) is 126 cm³/mol. The highest BCUT2D eigenvalue weighted by Gasteiger charge is 2.67. The Morgan fingerprint density at radius 2 is 1.55 bits per heavy atom. The number of halogens is 1. The molecule has 1 saturated heterocycles. The number of carbonyl (C=O) groups excluding carboxylic acids is 3. The molecule has 2 aromatic carbocycles. The van der Waals surface area contributed by atoms with Crippen LogP contribution in [0.2, 0.25) is 5.02 Å². The number of allylic oxidation sites excluding steroid dienone is 2. The average Bonchev–Trinajstić information content (AvgIpc) is 3.56. The van der Waals surface area contributed by atoms with E-state index in [9.17, 15) is 14.4 Å². The van der Waals surface area contributed by atoms with Crippen molar-refractivity contribution in [2.45, 2.75) is 20.3 Å². The van der Waals surface area contributed by atoms with Crippen molar-refractivity contribution >= 4 is 35.0 Å². The quantitative estimate of drug-likeness (QED) is 0.494. The van der Waals surface area contributed by atoms with Gasteiger partial charge in [-0.3, -0.25) is 24.2 Å². The van der Waals surface area contributed by atoms with Crippen LogP contribution >= 0.6 is 11.6 Å². The molecule has 7 rings (SSSR count). The van der Waals surface area contributed by atoms with Gasteiger partial charge in [-0.2, -0.15) is 0 Å². The summed E-state index contributed by atoms with van der Waals surface area (Å²) >= 11 is 6.35. The zero-order valence-electron chi connectivity index (χ0n) is 18.6. The number of likely N-dealkylation sites (tertiary alicyclic amines) is 1. The maximum absolute atomic E-state index is 13.7. The Morgan fingerprint density at radius 1 is 0.970 bits per heavy atom. The third kappa shape index (κ3) is 3.09. The molecule has 2 bridgehead atoms. The second kappa shape index (κ2) is 7.29. The lowest BCUT2D eigenvalue weighted by molar-refractivity contribution is -0.140. The summed E-state index contributed by atoms with van der Waals surface area (Å²) in [4.78, 5) is 43.6. The normalized spacial score (nSPS) is 30.9. The van der Waals surface area contributed by atoms with Crippen LogP contribution in [0.1, 0.15) is 27.9 Å². The summed E-state index contributed by atoms with van der Waals surface area (Å²) in [6.45, 7) is 3.82. The van der Waals surface area contributed by atoms with E-state index in [-0.39, 0.29) is 48.1 Å². The van der Waals surface area contributed by atoms with Gasteiger partial charge in [-0.15, -0.1) is 0 Å². The Bertz CT molecular complexity index is 1180. The molecule has 6 atom stereocenters. The fourth-order valence-corrected chi connectivity index (χ4v) is 6.67. The first kappa shape index (κ1) is 20.7. The second-order valence-corrected chi connectivity index (χ2v) is 10.4. The molecular weight excluding hydrogens is 436 g/mol. The number of rotatable bonds is 4. The molecule has 6 unspecified atom stereocenters. The fraction of sp³-hybridized carbons (Fsp3) is 0.370. The molecular formula is C27H25ClN2O3. The lowest BCUT2D eigenvalue weighted by Gasteiger charge is -2.37. The first-order valence-electron chi connectivity index (χ1n) is 11.5. The number of amides is 3. The summed E-state index contributed by atoms with van der Waals surface area (Å²) in [5.41, 5.74) is 2.99.